The topological polar surface area (TPSA) is 95.9 Å². The van der Waals surface area contributed by atoms with Crippen LogP contribution in [0.3, 0.4) is 0 Å². The lowest BCUT2D eigenvalue weighted by molar-refractivity contribution is -0.148. The maximum absolute atomic E-state index is 13.2. The van der Waals surface area contributed by atoms with Crippen LogP contribution >= 0.6 is 0 Å². The molecule has 6 heteroatoms. The Kier molecular flexibility index (Phi) is 47.2. The summed E-state index contributed by atoms with van der Waals surface area (Å²) in [6.45, 7) is 6.29. The summed E-state index contributed by atoms with van der Waals surface area (Å²) in [5, 5.41) is 23.6. The van der Waals surface area contributed by atoms with Crippen molar-refractivity contribution in [1.29, 1.82) is 0 Å². The molecule has 0 aromatic carbocycles. The van der Waals surface area contributed by atoms with Gasteiger partial charge in [-0.2, -0.15) is 0 Å². The van der Waals surface area contributed by atoms with Crippen LogP contribution in [0.4, 0.5) is 0 Å². The third kappa shape index (κ3) is 45.2. The molecule has 0 spiro atoms. The van der Waals surface area contributed by atoms with E-state index in [9.17, 15) is 19.8 Å². The minimum absolute atomic E-state index is 0.0552. The summed E-state index contributed by atoms with van der Waals surface area (Å²) in [7, 11) is 0. The number of allylic oxidation sites excluding steroid dienone is 15. The van der Waals surface area contributed by atoms with Crippen molar-refractivity contribution < 1.29 is 24.5 Å². The monoisotopic (exact) mass is 876 g/mol. The van der Waals surface area contributed by atoms with Gasteiger partial charge in [-0.3, -0.25) is 9.59 Å². The van der Waals surface area contributed by atoms with E-state index in [1.807, 2.05) is 6.08 Å². The number of carbonyl (C=O) groups excluding carboxylic acids is 2. The summed E-state index contributed by atoms with van der Waals surface area (Å²) in [5.41, 5.74) is 0. The third-order valence-corrected chi connectivity index (χ3v) is 11.1. The Bertz CT molecular complexity index is 1260. The molecular formula is C57H97NO5. The molecule has 63 heavy (non-hydrogen) atoms. The Balaban J connectivity index is 4.78. The van der Waals surface area contributed by atoms with Gasteiger partial charge >= 0.3 is 5.97 Å². The molecule has 0 saturated carbocycles. The molecule has 0 fully saturated rings. The van der Waals surface area contributed by atoms with Gasteiger partial charge in [0.15, 0.2) is 0 Å². The second-order valence-corrected chi connectivity index (χ2v) is 17.2. The predicted molar refractivity (Wildman–Crippen MR) is 273 cm³/mol. The molecule has 3 unspecified atom stereocenters. The highest BCUT2D eigenvalue weighted by Gasteiger charge is 2.23. The molecule has 0 aliphatic heterocycles. The van der Waals surface area contributed by atoms with Gasteiger partial charge in [-0.05, 0) is 89.5 Å². The van der Waals surface area contributed by atoms with Crippen molar-refractivity contribution in [3.05, 3.63) is 97.2 Å². The highest BCUT2D eigenvalue weighted by Crippen LogP contribution is 2.15. The number of hydrogen-bond donors (Lipinski definition) is 3. The molecule has 360 valence electrons. The molecule has 3 atom stereocenters. The van der Waals surface area contributed by atoms with Gasteiger partial charge in [0.2, 0.25) is 5.91 Å². The van der Waals surface area contributed by atoms with Crippen molar-refractivity contribution in [3.8, 4) is 0 Å². The van der Waals surface area contributed by atoms with Gasteiger partial charge < -0.3 is 20.3 Å². The van der Waals surface area contributed by atoms with Crippen molar-refractivity contribution in [2.75, 3.05) is 6.61 Å². The Morgan fingerprint density at radius 3 is 1.38 bits per heavy atom. The van der Waals surface area contributed by atoms with Crippen LogP contribution in [0.15, 0.2) is 97.2 Å². The fraction of sp³-hybridized carbons (Fsp3) is 0.684. The fourth-order valence-corrected chi connectivity index (χ4v) is 7.22. The van der Waals surface area contributed by atoms with Crippen LogP contribution < -0.4 is 5.32 Å². The molecule has 0 bridgehead atoms. The second-order valence-electron chi connectivity index (χ2n) is 17.2. The number of nitrogens with one attached hydrogen (secondary N) is 1. The zero-order valence-corrected chi connectivity index (χ0v) is 40.9. The van der Waals surface area contributed by atoms with E-state index in [1.54, 1.807) is 6.08 Å². The molecule has 0 heterocycles. The van der Waals surface area contributed by atoms with Crippen molar-refractivity contribution in [1.82, 2.24) is 5.32 Å². The zero-order valence-electron chi connectivity index (χ0n) is 40.9. The number of rotatable bonds is 45. The lowest BCUT2D eigenvalue weighted by Crippen LogP contribution is -2.46. The molecule has 0 aliphatic rings. The molecule has 0 rings (SSSR count). The van der Waals surface area contributed by atoms with Crippen LogP contribution in [0, 0.1) is 0 Å². The van der Waals surface area contributed by atoms with Gasteiger partial charge in [0.1, 0.15) is 6.10 Å². The molecule has 0 aliphatic carbocycles. The van der Waals surface area contributed by atoms with E-state index in [1.165, 1.54) is 96.3 Å². The average Bonchev–Trinajstić information content (AvgIpc) is 3.28. The SMILES string of the molecule is CC/C=C\C/C=C\C/C=C\C/C=C\C/C=C\C/C=C\C(CC(=O)NC(CO)C(O)CCCCCCCCCCCC)OC(=O)CCCCCCCCC/C=C\C/C=C\CCCCC. The van der Waals surface area contributed by atoms with E-state index in [2.05, 4.69) is 111 Å². The van der Waals surface area contributed by atoms with Gasteiger partial charge in [-0.15, -0.1) is 0 Å². The van der Waals surface area contributed by atoms with Gasteiger partial charge in [0, 0.05) is 6.42 Å². The van der Waals surface area contributed by atoms with Crippen molar-refractivity contribution >= 4 is 11.9 Å². The molecule has 0 saturated heterocycles. The van der Waals surface area contributed by atoms with E-state index < -0.39 is 18.2 Å². The molecule has 3 N–H and O–H groups in total. The Hall–Kier alpha value is -3.22. The number of esters is 1. The predicted octanol–water partition coefficient (Wildman–Crippen LogP) is 15.7. The molecular weight excluding hydrogens is 779 g/mol. The maximum Gasteiger partial charge on any atom is 0.306 e. The van der Waals surface area contributed by atoms with Crippen LogP contribution in [0.25, 0.3) is 0 Å². The van der Waals surface area contributed by atoms with Gasteiger partial charge in [0.05, 0.1) is 25.2 Å². The van der Waals surface area contributed by atoms with Crippen molar-refractivity contribution in [2.45, 2.75) is 244 Å². The van der Waals surface area contributed by atoms with Crippen molar-refractivity contribution in [2.24, 2.45) is 0 Å². The van der Waals surface area contributed by atoms with E-state index in [0.29, 0.717) is 19.3 Å². The number of unbranched alkanes of at least 4 members (excludes halogenated alkanes) is 19. The molecule has 1 amide bonds. The van der Waals surface area contributed by atoms with Crippen LogP contribution in [0.5, 0.6) is 0 Å². The minimum atomic E-state index is -0.825. The summed E-state index contributed by atoms with van der Waals surface area (Å²) < 4.78 is 5.82. The normalized spacial score (nSPS) is 14.0. The molecule has 0 aromatic rings. The number of aliphatic hydroxyl groups is 2. The average molecular weight is 876 g/mol. The summed E-state index contributed by atoms with van der Waals surface area (Å²) in [4.78, 5) is 26.1. The van der Waals surface area contributed by atoms with E-state index in [4.69, 9.17) is 4.74 Å². The van der Waals surface area contributed by atoms with Crippen molar-refractivity contribution in [3.63, 3.8) is 0 Å². The van der Waals surface area contributed by atoms with Gasteiger partial charge in [0.25, 0.3) is 0 Å². The second kappa shape index (κ2) is 49.8. The lowest BCUT2D eigenvalue weighted by Gasteiger charge is -2.23. The smallest absolute Gasteiger partial charge is 0.306 e. The Morgan fingerprint density at radius 1 is 0.492 bits per heavy atom. The molecule has 0 aromatic heterocycles. The summed E-state index contributed by atoms with van der Waals surface area (Å²) in [6.07, 6.45) is 66.4. The van der Waals surface area contributed by atoms with E-state index in [-0.39, 0.29) is 24.9 Å². The third-order valence-electron chi connectivity index (χ3n) is 11.1. The Morgan fingerprint density at radius 2 is 0.889 bits per heavy atom. The molecule has 0 radical (unpaired) electrons. The number of aliphatic hydroxyl groups excluding tert-OH is 2. The standard InChI is InChI=1S/C57H97NO5/c1-4-7-10-13-16-19-22-24-26-28-30-32-34-36-39-42-45-48-53(51-56(61)58-54(52-59)55(60)49-46-43-40-37-21-18-15-12-9-6-3)63-57(62)50-47-44-41-38-35-33-31-29-27-25-23-20-17-14-11-8-5-2/h7,10,16-17,19-20,24-27,30,32,36,39,45,48,53-55,59-60H,4-6,8-9,11-15,18,21-23,28-29,31,33-35,37-38,40-44,46-47,49-52H2,1-3H3,(H,58,61)/b10-7-,19-16-,20-17-,26-24-,27-25-,32-30-,39-36-,48-45-. The first-order valence-corrected chi connectivity index (χ1v) is 26.0. The van der Waals surface area contributed by atoms with Crippen LogP contribution in [-0.2, 0) is 14.3 Å². The first kappa shape index (κ1) is 59.8. The number of carbonyl (C=O) groups is 2. The quantitative estimate of drug-likeness (QED) is 0.0322. The first-order chi connectivity index (χ1) is 31.0. The number of amides is 1. The fourth-order valence-electron chi connectivity index (χ4n) is 7.22. The van der Waals surface area contributed by atoms with E-state index >= 15 is 0 Å². The van der Waals surface area contributed by atoms with Gasteiger partial charge in [-0.25, -0.2) is 0 Å². The highest BCUT2D eigenvalue weighted by molar-refractivity contribution is 5.78. The summed E-state index contributed by atoms with van der Waals surface area (Å²) in [6, 6.07) is -0.749. The van der Waals surface area contributed by atoms with Crippen LogP contribution in [-0.4, -0.2) is 46.9 Å². The largest absolute Gasteiger partial charge is 0.458 e. The Labute approximate surface area is 388 Å². The minimum Gasteiger partial charge on any atom is -0.458 e. The van der Waals surface area contributed by atoms with Crippen LogP contribution in [0.1, 0.15) is 226 Å². The summed E-state index contributed by atoms with van der Waals surface area (Å²) in [5.74, 6) is -0.645. The first-order valence-electron chi connectivity index (χ1n) is 26.0. The van der Waals surface area contributed by atoms with E-state index in [0.717, 1.165) is 83.5 Å². The maximum atomic E-state index is 13.2. The number of ether oxygens (including phenoxy) is 1. The van der Waals surface area contributed by atoms with Crippen LogP contribution in [0.2, 0.25) is 0 Å². The zero-order chi connectivity index (χ0) is 45.9. The number of hydrogen-bond acceptors (Lipinski definition) is 5. The highest BCUT2D eigenvalue weighted by atomic mass is 16.5. The van der Waals surface area contributed by atoms with Gasteiger partial charge in [-0.1, -0.05) is 221 Å². The molecule has 6 nitrogen and oxygen atoms in total. The summed E-state index contributed by atoms with van der Waals surface area (Å²) >= 11 is 0. The lowest BCUT2D eigenvalue weighted by atomic mass is 10.0.